The number of carbonyl (C=O) groups excluding carboxylic acids is 2. The van der Waals surface area contributed by atoms with E-state index in [4.69, 9.17) is 9.47 Å². The molecule has 0 unspecified atom stereocenters. The lowest BCUT2D eigenvalue weighted by molar-refractivity contribution is -0.139. The Hall–Kier alpha value is -2.08. The molecule has 0 saturated heterocycles. The molecule has 0 atom stereocenters. The summed E-state index contributed by atoms with van der Waals surface area (Å²) in [5.41, 5.74) is 0.901. The van der Waals surface area contributed by atoms with E-state index in [9.17, 15) is 9.59 Å². The van der Waals surface area contributed by atoms with E-state index >= 15 is 0 Å². The van der Waals surface area contributed by atoms with Gasteiger partial charge >= 0.3 is 11.8 Å². The van der Waals surface area contributed by atoms with Gasteiger partial charge in [0.1, 0.15) is 5.75 Å². The third-order valence-electron chi connectivity index (χ3n) is 2.91. The number of hydrogen-bond acceptors (Lipinski definition) is 4. The molecule has 0 heterocycles. The fraction of sp³-hybridized carbons (Fsp3) is 0.529. The molecule has 0 radical (unpaired) electrons. The van der Waals surface area contributed by atoms with Crippen molar-refractivity contribution in [1.82, 2.24) is 10.6 Å². The van der Waals surface area contributed by atoms with Crippen molar-refractivity contribution in [3.8, 4) is 5.75 Å². The van der Waals surface area contributed by atoms with Crippen molar-refractivity contribution in [3.05, 3.63) is 29.8 Å². The zero-order valence-corrected chi connectivity index (χ0v) is 14.1. The highest BCUT2D eigenvalue weighted by molar-refractivity contribution is 6.35. The summed E-state index contributed by atoms with van der Waals surface area (Å²) in [6.45, 7) is 7.77. The van der Waals surface area contributed by atoms with Crippen LogP contribution in [-0.4, -0.2) is 37.7 Å². The van der Waals surface area contributed by atoms with Crippen molar-refractivity contribution in [3.63, 3.8) is 0 Å². The Morgan fingerprint density at radius 1 is 1.09 bits per heavy atom. The summed E-state index contributed by atoms with van der Waals surface area (Å²) in [6.07, 6.45) is 0.802. The minimum Gasteiger partial charge on any atom is -0.491 e. The van der Waals surface area contributed by atoms with Crippen molar-refractivity contribution in [2.45, 2.75) is 39.8 Å². The minimum atomic E-state index is -0.635. The van der Waals surface area contributed by atoms with Gasteiger partial charge in [-0.1, -0.05) is 12.1 Å². The lowest BCUT2D eigenvalue weighted by atomic mass is 10.2. The first kappa shape index (κ1) is 19.0. The molecule has 2 N–H and O–H groups in total. The second-order valence-electron chi connectivity index (χ2n) is 5.30. The fourth-order valence-corrected chi connectivity index (χ4v) is 1.82. The Labute approximate surface area is 137 Å². The van der Waals surface area contributed by atoms with Crippen molar-refractivity contribution in [1.29, 1.82) is 0 Å². The zero-order valence-electron chi connectivity index (χ0n) is 14.1. The van der Waals surface area contributed by atoms with E-state index in [1.807, 2.05) is 45.0 Å². The van der Waals surface area contributed by atoms with E-state index in [0.717, 1.165) is 11.3 Å². The van der Waals surface area contributed by atoms with Crippen LogP contribution in [0.2, 0.25) is 0 Å². The fourth-order valence-electron chi connectivity index (χ4n) is 1.82. The second kappa shape index (κ2) is 10.6. The molecule has 2 amide bonds. The minimum absolute atomic E-state index is 0.118. The first-order chi connectivity index (χ1) is 11.0. The maximum absolute atomic E-state index is 11.7. The van der Waals surface area contributed by atoms with E-state index in [2.05, 4.69) is 10.6 Å². The SMILES string of the molecule is CCOCCCNC(=O)C(=O)NCc1ccc(OC(C)C)cc1. The first-order valence-electron chi connectivity index (χ1n) is 7.92. The first-order valence-corrected chi connectivity index (χ1v) is 7.92. The Morgan fingerprint density at radius 3 is 2.35 bits per heavy atom. The van der Waals surface area contributed by atoms with E-state index in [1.54, 1.807) is 0 Å². The van der Waals surface area contributed by atoms with Crippen LogP contribution in [0.25, 0.3) is 0 Å². The lowest BCUT2D eigenvalue weighted by Gasteiger charge is -2.10. The second-order valence-corrected chi connectivity index (χ2v) is 5.30. The average molecular weight is 322 g/mol. The molecule has 0 spiro atoms. The normalized spacial score (nSPS) is 10.4. The molecule has 0 saturated carbocycles. The number of rotatable bonds is 9. The molecular weight excluding hydrogens is 296 g/mol. The quantitative estimate of drug-likeness (QED) is 0.535. The topological polar surface area (TPSA) is 76.7 Å². The van der Waals surface area contributed by atoms with Gasteiger partial charge in [0.2, 0.25) is 0 Å². The molecule has 1 aromatic carbocycles. The van der Waals surface area contributed by atoms with Gasteiger partial charge in [-0.2, -0.15) is 0 Å². The number of carbonyl (C=O) groups is 2. The predicted octanol–water partition coefficient (Wildman–Crippen LogP) is 1.63. The van der Waals surface area contributed by atoms with Crippen LogP contribution < -0.4 is 15.4 Å². The summed E-state index contributed by atoms with van der Waals surface area (Å²) in [7, 11) is 0. The third-order valence-corrected chi connectivity index (χ3v) is 2.91. The Kier molecular flexibility index (Phi) is 8.75. The van der Waals surface area contributed by atoms with Crippen molar-refractivity contribution >= 4 is 11.8 Å². The van der Waals surface area contributed by atoms with Gasteiger partial charge in [-0.3, -0.25) is 9.59 Å². The molecule has 0 aliphatic rings. The number of amides is 2. The molecule has 6 heteroatoms. The molecule has 6 nitrogen and oxygen atoms in total. The molecule has 0 bridgehead atoms. The van der Waals surface area contributed by atoms with Crippen molar-refractivity contribution < 1.29 is 19.1 Å². The van der Waals surface area contributed by atoms with Crippen LogP contribution in [0.4, 0.5) is 0 Å². The van der Waals surface area contributed by atoms with Gasteiger partial charge in [-0.15, -0.1) is 0 Å². The summed E-state index contributed by atoms with van der Waals surface area (Å²) in [5.74, 6) is -0.479. The molecule has 1 aromatic rings. The van der Waals surface area contributed by atoms with E-state index in [-0.39, 0.29) is 6.10 Å². The largest absolute Gasteiger partial charge is 0.491 e. The van der Waals surface area contributed by atoms with Crippen molar-refractivity contribution in [2.75, 3.05) is 19.8 Å². The number of nitrogens with one attached hydrogen (secondary N) is 2. The van der Waals surface area contributed by atoms with Gasteiger partial charge in [0.15, 0.2) is 0 Å². The van der Waals surface area contributed by atoms with Crippen molar-refractivity contribution in [2.24, 2.45) is 0 Å². The van der Waals surface area contributed by atoms with Crippen LogP contribution in [0.15, 0.2) is 24.3 Å². The average Bonchev–Trinajstić information content (AvgIpc) is 2.53. The Bertz CT molecular complexity index is 486. The highest BCUT2D eigenvalue weighted by Gasteiger charge is 2.12. The van der Waals surface area contributed by atoms with Gasteiger partial charge in [0.25, 0.3) is 0 Å². The number of benzene rings is 1. The highest BCUT2D eigenvalue weighted by atomic mass is 16.5. The van der Waals surface area contributed by atoms with Crippen LogP contribution in [0.3, 0.4) is 0 Å². The maximum atomic E-state index is 11.7. The van der Waals surface area contributed by atoms with E-state index in [1.165, 1.54) is 0 Å². The smallest absolute Gasteiger partial charge is 0.309 e. The summed E-state index contributed by atoms with van der Waals surface area (Å²) in [6, 6.07) is 7.40. The molecule has 0 fully saturated rings. The highest BCUT2D eigenvalue weighted by Crippen LogP contribution is 2.13. The predicted molar refractivity (Wildman–Crippen MR) is 88.2 cm³/mol. The molecule has 23 heavy (non-hydrogen) atoms. The van der Waals surface area contributed by atoms with Gasteiger partial charge in [-0.25, -0.2) is 0 Å². The van der Waals surface area contributed by atoms with Crippen LogP contribution >= 0.6 is 0 Å². The maximum Gasteiger partial charge on any atom is 0.309 e. The monoisotopic (exact) mass is 322 g/mol. The lowest BCUT2D eigenvalue weighted by Crippen LogP contribution is -2.40. The summed E-state index contributed by atoms with van der Waals surface area (Å²) in [5, 5.41) is 5.15. The molecule has 0 aromatic heterocycles. The molecule has 128 valence electrons. The van der Waals surface area contributed by atoms with Crippen LogP contribution in [0.1, 0.15) is 32.8 Å². The Morgan fingerprint density at radius 2 is 1.74 bits per heavy atom. The zero-order chi connectivity index (χ0) is 17.1. The van der Waals surface area contributed by atoms with E-state index < -0.39 is 11.8 Å². The van der Waals surface area contributed by atoms with Gasteiger partial charge in [0.05, 0.1) is 6.10 Å². The third kappa shape index (κ3) is 8.21. The van der Waals surface area contributed by atoms with Crippen LogP contribution in [0.5, 0.6) is 5.75 Å². The number of ether oxygens (including phenoxy) is 2. The van der Waals surface area contributed by atoms with Gasteiger partial charge < -0.3 is 20.1 Å². The molecular formula is C17H26N2O4. The van der Waals surface area contributed by atoms with Crippen LogP contribution in [0, 0.1) is 0 Å². The summed E-state index contributed by atoms with van der Waals surface area (Å²) >= 11 is 0. The molecule has 1 rings (SSSR count). The van der Waals surface area contributed by atoms with E-state index in [0.29, 0.717) is 32.7 Å². The van der Waals surface area contributed by atoms with Gasteiger partial charge in [-0.05, 0) is 44.9 Å². The standard InChI is InChI=1S/C17H26N2O4/c1-4-22-11-5-10-18-16(20)17(21)19-12-14-6-8-15(9-7-14)23-13(2)3/h6-9,13H,4-5,10-12H2,1-3H3,(H,18,20)(H,19,21). The Balaban J connectivity index is 2.28. The van der Waals surface area contributed by atoms with Crippen LogP contribution in [-0.2, 0) is 20.9 Å². The van der Waals surface area contributed by atoms with Gasteiger partial charge in [0, 0.05) is 26.3 Å². The number of hydrogen-bond donors (Lipinski definition) is 2. The molecule has 0 aliphatic heterocycles. The summed E-state index contributed by atoms with van der Waals surface area (Å²) < 4.78 is 10.7. The molecule has 0 aliphatic carbocycles. The summed E-state index contributed by atoms with van der Waals surface area (Å²) in [4.78, 5) is 23.3.